The summed E-state index contributed by atoms with van der Waals surface area (Å²) < 4.78 is 16.2. The number of rotatable bonds is 7. The minimum atomic E-state index is -0.502. The molecule has 0 spiro atoms. The Morgan fingerprint density at radius 1 is 1.26 bits per heavy atom. The van der Waals surface area contributed by atoms with Crippen LogP contribution >= 0.6 is 23.4 Å². The fourth-order valence-corrected chi connectivity index (χ4v) is 3.97. The van der Waals surface area contributed by atoms with Crippen LogP contribution in [0.5, 0.6) is 0 Å². The Hall–Kier alpha value is -2.89. The Morgan fingerprint density at radius 3 is 2.65 bits per heavy atom. The van der Waals surface area contributed by atoms with E-state index in [1.165, 1.54) is 23.9 Å². The third-order valence-electron chi connectivity index (χ3n) is 4.39. The number of anilines is 1. The van der Waals surface area contributed by atoms with Gasteiger partial charge in [-0.3, -0.25) is 4.79 Å². The molecule has 2 aromatic carbocycles. The highest BCUT2D eigenvalue weighted by Crippen LogP contribution is 2.30. The molecule has 0 aliphatic carbocycles. The number of carbonyl (C=O) groups excluding carboxylic acids is 1. The van der Waals surface area contributed by atoms with Gasteiger partial charge < -0.3 is 9.88 Å². The summed E-state index contributed by atoms with van der Waals surface area (Å²) in [4.78, 5) is 12.7. The number of halogens is 2. The molecular weight excluding hydrogens is 437 g/mol. The molecule has 3 rings (SSSR count). The summed E-state index contributed by atoms with van der Waals surface area (Å²) in [5.74, 6) is 0.0730. The van der Waals surface area contributed by atoms with Crippen LogP contribution in [-0.4, -0.2) is 25.9 Å². The van der Waals surface area contributed by atoms with Crippen LogP contribution < -0.4 is 5.32 Å². The summed E-state index contributed by atoms with van der Waals surface area (Å²) in [6, 6.07) is 13.1. The van der Waals surface area contributed by atoms with Crippen molar-refractivity contribution in [2.24, 2.45) is 5.92 Å². The predicted molar refractivity (Wildman–Crippen MR) is 120 cm³/mol. The van der Waals surface area contributed by atoms with Gasteiger partial charge in [0.25, 0.3) is 0 Å². The molecule has 0 bridgehead atoms. The van der Waals surface area contributed by atoms with Crippen LogP contribution in [-0.2, 0) is 11.3 Å². The SMILES string of the molecule is CC(C)Cn1c(SC(C)C(=O)Nc2ccc(C#N)c(Cl)c2)nnc1-c1ccccc1F. The van der Waals surface area contributed by atoms with E-state index in [4.69, 9.17) is 16.9 Å². The molecule has 1 amide bonds. The molecular formula is C22H21ClFN5OS. The Balaban J connectivity index is 1.81. The largest absolute Gasteiger partial charge is 0.325 e. The average Bonchev–Trinajstić information content (AvgIpc) is 3.09. The first kappa shape index (κ1) is 22.8. The fraction of sp³-hybridized carbons (Fsp3) is 0.273. The molecule has 0 fully saturated rings. The molecule has 1 N–H and O–H groups in total. The lowest BCUT2D eigenvalue weighted by atomic mass is 10.2. The first-order valence-electron chi connectivity index (χ1n) is 9.65. The summed E-state index contributed by atoms with van der Waals surface area (Å²) in [7, 11) is 0. The number of nitrogens with zero attached hydrogens (tertiary/aromatic N) is 4. The lowest BCUT2D eigenvalue weighted by Gasteiger charge is -2.15. The Kier molecular flexibility index (Phi) is 7.31. The van der Waals surface area contributed by atoms with Crippen LogP contribution in [0.2, 0.25) is 5.02 Å². The van der Waals surface area contributed by atoms with Crippen LogP contribution in [0.15, 0.2) is 47.6 Å². The van der Waals surface area contributed by atoms with E-state index < -0.39 is 5.25 Å². The van der Waals surface area contributed by atoms with E-state index in [2.05, 4.69) is 15.5 Å². The number of carbonyl (C=O) groups is 1. The average molecular weight is 458 g/mol. The highest BCUT2D eigenvalue weighted by molar-refractivity contribution is 8.00. The van der Waals surface area contributed by atoms with Crippen molar-refractivity contribution < 1.29 is 9.18 Å². The number of benzene rings is 2. The lowest BCUT2D eigenvalue weighted by Crippen LogP contribution is -2.23. The van der Waals surface area contributed by atoms with Crippen LogP contribution in [0.4, 0.5) is 10.1 Å². The van der Waals surface area contributed by atoms with Gasteiger partial charge in [-0.1, -0.05) is 49.3 Å². The second-order valence-corrected chi connectivity index (χ2v) is 9.06. The van der Waals surface area contributed by atoms with E-state index in [0.29, 0.717) is 34.3 Å². The topological polar surface area (TPSA) is 83.6 Å². The lowest BCUT2D eigenvalue weighted by molar-refractivity contribution is -0.115. The van der Waals surface area contributed by atoms with E-state index in [0.717, 1.165) is 0 Å². The third-order valence-corrected chi connectivity index (χ3v) is 5.78. The Labute approximate surface area is 189 Å². The fourth-order valence-electron chi connectivity index (χ4n) is 2.89. The maximum absolute atomic E-state index is 14.3. The van der Waals surface area contributed by atoms with Crippen molar-refractivity contribution in [3.63, 3.8) is 0 Å². The van der Waals surface area contributed by atoms with E-state index >= 15 is 0 Å². The zero-order valence-electron chi connectivity index (χ0n) is 17.3. The molecule has 1 aromatic heterocycles. The predicted octanol–water partition coefficient (Wildman–Crippen LogP) is 5.38. The van der Waals surface area contributed by atoms with E-state index in [1.54, 1.807) is 37.3 Å². The normalized spacial score (nSPS) is 11.9. The second kappa shape index (κ2) is 9.94. The summed E-state index contributed by atoms with van der Waals surface area (Å²) in [6.07, 6.45) is 0. The first-order chi connectivity index (χ1) is 14.8. The first-order valence-corrected chi connectivity index (χ1v) is 10.9. The van der Waals surface area contributed by atoms with Crippen molar-refractivity contribution in [3.8, 4) is 17.5 Å². The molecule has 9 heteroatoms. The number of amides is 1. The molecule has 31 heavy (non-hydrogen) atoms. The van der Waals surface area contributed by atoms with Crippen molar-refractivity contribution in [1.29, 1.82) is 5.26 Å². The van der Waals surface area contributed by atoms with Crippen LogP contribution in [0.3, 0.4) is 0 Å². The van der Waals surface area contributed by atoms with Crippen molar-refractivity contribution in [1.82, 2.24) is 14.8 Å². The van der Waals surface area contributed by atoms with Gasteiger partial charge in [0.15, 0.2) is 11.0 Å². The van der Waals surface area contributed by atoms with Crippen molar-refractivity contribution in [2.75, 3.05) is 5.32 Å². The Bertz CT molecular complexity index is 1140. The molecule has 0 aliphatic heterocycles. The minimum absolute atomic E-state index is 0.252. The maximum Gasteiger partial charge on any atom is 0.237 e. The summed E-state index contributed by atoms with van der Waals surface area (Å²) in [5.41, 5.74) is 1.20. The number of nitriles is 1. The number of nitrogens with one attached hydrogen (secondary N) is 1. The second-order valence-electron chi connectivity index (χ2n) is 7.35. The van der Waals surface area contributed by atoms with E-state index in [-0.39, 0.29) is 22.7 Å². The zero-order chi connectivity index (χ0) is 22.5. The van der Waals surface area contributed by atoms with Gasteiger partial charge in [0.1, 0.15) is 11.9 Å². The molecule has 3 aromatic rings. The van der Waals surface area contributed by atoms with E-state index in [1.807, 2.05) is 24.5 Å². The zero-order valence-corrected chi connectivity index (χ0v) is 18.8. The number of thioether (sulfide) groups is 1. The summed E-state index contributed by atoms with van der Waals surface area (Å²) in [6.45, 7) is 6.43. The monoisotopic (exact) mass is 457 g/mol. The Morgan fingerprint density at radius 2 is 2.00 bits per heavy atom. The smallest absolute Gasteiger partial charge is 0.237 e. The van der Waals surface area contributed by atoms with Gasteiger partial charge in [-0.2, -0.15) is 5.26 Å². The molecule has 0 aliphatic rings. The molecule has 0 saturated heterocycles. The molecule has 1 atom stereocenters. The highest BCUT2D eigenvalue weighted by Gasteiger charge is 2.22. The van der Waals surface area contributed by atoms with Gasteiger partial charge >= 0.3 is 0 Å². The minimum Gasteiger partial charge on any atom is -0.325 e. The van der Waals surface area contributed by atoms with E-state index in [9.17, 15) is 9.18 Å². The van der Waals surface area contributed by atoms with Crippen molar-refractivity contribution in [3.05, 3.63) is 58.9 Å². The standard InChI is InChI=1S/C22H21ClFN5OS/c1-13(2)12-29-20(17-6-4-5-7-19(17)24)27-28-22(29)31-14(3)21(30)26-16-9-8-15(11-25)18(23)10-16/h4-10,13-14H,12H2,1-3H3,(H,26,30). The van der Waals surface area contributed by atoms with Crippen LogP contribution in [0.1, 0.15) is 26.3 Å². The molecule has 1 unspecified atom stereocenters. The van der Waals surface area contributed by atoms with Crippen molar-refractivity contribution in [2.45, 2.75) is 37.7 Å². The number of hydrogen-bond donors (Lipinski definition) is 1. The molecule has 1 heterocycles. The third kappa shape index (κ3) is 5.43. The quantitative estimate of drug-likeness (QED) is 0.481. The maximum atomic E-state index is 14.3. The number of hydrogen-bond acceptors (Lipinski definition) is 5. The molecule has 0 radical (unpaired) electrons. The van der Waals surface area contributed by atoms with Gasteiger partial charge in [0.2, 0.25) is 5.91 Å². The van der Waals surface area contributed by atoms with Gasteiger partial charge in [0, 0.05) is 12.2 Å². The van der Waals surface area contributed by atoms with Gasteiger partial charge in [0.05, 0.1) is 21.4 Å². The van der Waals surface area contributed by atoms with Gasteiger partial charge in [-0.05, 0) is 43.2 Å². The van der Waals surface area contributed by atoms with Crippen LogP contribution in [0, 0.1) is 23.1 Å². The van der Waals surface area contributed by atoms with Gasteiger partial charge in [-0.25, -0.2) is 4.39 Å². The summed E-state index contributed by atoms with van der Waals surface area (Å²) >= 11 is 7.28. The summed E-state index contributed by atoms with van der Waals surface area (Å²) in [5, 5.41) is 20.5. The van der Waals surface area contributed by atoms with Crippen molar-refractivity contribution >= 4 is 35.0 Å². The molecule has 0 saturated carbocycles. The van der Waals surface area contributed by atoms with Crippen LogP contribution in [0.25, 0.3) is 11.4 Å². The number of aromatic nitrogens is 3. The molecule has 160 valence electrons. The highest BCUT2D eigenvalue weighted by atomic mass is 35.5. The molecule has 6 nitrogen and oxygen atoms in total. The van der Waals surface area contributed by atoms with Gasteiger partial charge in [-0.15, -0.1) is 10.2 Å².